The largest absolute Gasteiger partial charge is 0.438 e. The second-order valence-corrected chi connectivity index (χ2v) is 7.45. The molecule has 0 unspecified atom stereocenters. The van der Waals surface area contributed by atoms with Gasteiger partial charge in [0.05, 0.1) is 10.7 Å². The quantitative estimate of drug-likeness (QED) is 0.661. The van der Waals surface area contributed by atoms with Gasteiger partial charge in [-0.1, -0.05) is 32.4 Å². The van der Waals surface area contributed by atoms with E-state index in [0.29, 0.717) is 5.56 Å². The Balaban J connectivity index is 1.98. The number of aromatic nitrogens is 5. The number of H-pyrrole nitrogens is 2. The zero-order valence-corrected chi connectivity index (χ0v) is 16.4. The third-order valence-corrected chi connectivity index (χ3v) is 4.19. The van der Waals surface area contributed by atoms with Gasteiger partial charge in [-0.05, 0) is 17.5 Å². The first kappa shape index (κ1) is 20.0. The van der Waals surface area contributed by atoms with Crippen LogP contribution in [0.5, 0.6) is 11.6 Å². The van der Waals surface area contributed by atoms with Crippen LogP contribution in [0, 0.1) is 11.3 Å². The van der Waals surface area contributed by atoms with Crippen molar-refractivity contribution in [3.05, 3.63) is 71.7 Å². The minimum atomic E-state index is -0.886. The van der Waals surface area contributed by atoms with E-state index in [9.17, 15) is 14.4 Å². The Morgan fingerprint density at radius 1 is 1.17 bits per heavy atom. The SMILES string of the molecule is CC(C)(C)c1cc(Oc2ccc(-n3nc(C#N)c(=O)[nH]c3=O)c(Cl)c2)n[nH]c1=O. The Hall–Kier alpha value is -3.71. The molecular formula is C18H15ClN6O4. The first-order chi connectivity index (χ1) is 13.6. The van der Waals surface area contributed by atoms with Gasteiger partial charge in [0.25, 0.3) is 11.1 Å². The van der Waals surface area contributed by atoms with Crippen molar-refractivity contribution in [2.75, 3.05) is 0 Å². The monoisotopic (exact) mass is 414 g/mol. The van der Waals surface area contributed by atoms with Crippen molar-refractivity contribution < 1.29 is 4.74 Å². The van der Waals surface area contributed by atoms with Gasteiger partial charge in [0.1, 0.15) is 11.8 Å². The molecule has 0 aliphatic rings. The Labute approximate surface area is 168 Å². The van der Waals surface area contributed by atoms with E-state index in [1.54, 1.807) is 6.07 Å². The molecule has 148 valence electrons. The molecular weight excluding hydrogens is 400 g/mol. The van der Waals surface area contributed by atoms with E-state index in [2.05, 4.69) is 15.3 Å². The number of hydrogen-bond donors (Lipinski definition) is 2. The van der Waals surface area contributed by atoms with E-state index < -0.39 is 22.4 Å². The number of hydrogen-bond acceptors (Lipinski definition) is 7. The summed E-state index contributed by atoms with van der Waals surface area (Å²) in [5.41, 5.74) is -2.29. The third-order valence-electron chi connectivity index (χ3n) is 3.89. The molecule has 2 N–H and O–H groups in total. The van der Waals surface area contributed by atoms with Crippen LogP contribution in [0.4, 0.5) is 0 Å². The van der Waals surface area contributed by atoms with Gasteiger partial charge in [0.2, 0.25) is 11.6 Å². The summed E-state index contributed by atoms with van der Waals surface area (Å²) < 4.78 is 6.46. The summed E-state index contributed by atoms with van der Waals surface area (Å²) in [6, 6.07) is 7.47. The highest BCUT2D eigenvalue weighted by Gasteiger charge is 2.19. The standard InChI is InChI=1S/C18H15ClN6O4/c1-18(2,3)10-7-14(22-23-15(10)26)29-9-4-5-13(11(19)6-9)25-17(28)21-16(27)12(8-20)24-25/h4-7H,1-3H3,(H,23,26)(H,21,27,28). The number of aromatic amines is 2. The highest BCUT2D eigenvalue weighted by atomic mass is 35.5. The van der Waals surface area contributed by atoms with E-state index in [1.807, 2.05) is 25.8 Å². The fourth-order valence-electron chi connectivity index (χ4n) is 2.48. The number of nitrogens with one attached hydrogen (secondary N) is 2. The van der Waals surface area contributed by atoms with Gasteiger partial charge in [-0.2, -0.15) is 9.94 Å². The van der Waals surface area contributed by atoms with Crippen molar-refractivity contribution in [1.82, 2.24) is 25.0 Å². The zero-order chi connectivity index (χ0) is 21.3. The van der Waals surface area contributed by atoms with Gasteiger partial charge in [-0.25, -0.2) is 9.89 Å². The highest BCUT2D eigenvalue weighted by Crippen LogP contribution is 2.28. The van der Waals surface area contributed by atoms with Crippen LogP contribution >= 0.6 is 11.6 Å². The summed E-state index contributed by atoms with van der Waals surface area (Å²) in [5, 5.41) is 19.0. The molecule has 0 spiro atoms. The van der Waals surface area contributed by atoms with Gasteiger partial charge < -0.3 is 4.74 Å². The van der Waals surface area contributed by atoms with Crippen LogP contribution < -0.4 is 21.5 Å². The van der Waals surface area contributed by atoms with Gasteiger partial charge in [-0.15, -0.1) is 10.2 Å². The molecule has 0 saturated heterocycles. The van der Waals surface area contributed by atoms with Crippen LogP contribution in [0.15, 0.2) is 38.6 Å². The molecule has 10 nitrogen and oxygen atoms in total. The van der Waals surface area contributed by atoms with Crippen molar-refractivity contribution in [2.24, 2.45) is 0 Å². The molecule has 2 aromatic heterocycles. The second kappa shape index (κ2) is 7.37. The molecule has 0 aliphatic carbocycles. The van der Waals surface area contributed by atoms with E-state index in [1.165, 1.54) is 24.3 Å². The van der Waals surface area contributed by atoms with Gasteiger partial charge >= 0.3 is 5.69 Å². The van der Waals surface area contributed by atoms with Gasteiger partial charge in [-0.3, -0.25) is 14.6 Å². The summed E-state index contributed by atoms with van der Waals surface area (Å²) >= 11 is 6.23. The maximum absolute atomic E-state index is 12.0. The predicted molar refractivity (Wildman–Crippen MR) is 104 cm³/mol. The van der Waals surface area contributed by atoms with Crippen LogP contribution in [-0.4, -0.2) is 25.0 Å². The number of nitriles is 1. The summed E-state index contributed by atoms with van der Waals surface area (Å²) in [6.07, 6.45) is 0. The summed E-state index contributed by atoms with van der Waals surface area (Å²) in [4.78, 5) is 37.4. The maximum Gasteiger partial charge on any atom is 0.349 e. The van der Waals surface area contributed by atoms with Crippen molar-refractivity contribution >= 4 is 11.6 Å². The van der Waals surface area contributed by atoms with Crippen LogP contribution in [0.1, 0.15) is 32.0 Å². The summed E-state index contributed by atoms with van der Waals surface area (Å²) in [5.74, 6) is 0.445. The zero-order valence-electron chi connectivity index (χ0n) is 15.6. The Kier molecular flexibility index (Phi) is 5.09. The average Bonchev–Trinajstić information content (AvgIpc) is 2.63. The fourth-order valence-corrected chi connectivity index (χ4v) is 2.73. The first-order valence-electron chi connectivity index (χ1n) is 8.32. The van der Waals surface area contributed by atoms with E-state index >= 15 is 0 Å². The fraction of sp³-hybridized carbons (Fsp3) is 0.222. The molecule has 0 bridgehead atoms. The molecule has 29 heavy (non-hydrogen) atoms. The van der Waals surface area contributed by atoms with Crippen LogP contribution in [-0.2, 0) is 5.41 Å². The number of nitrogens with zero attached hydrogens (tertiary/aromatic N) is 4. The lowest BCUT2D eigenvalue weighted by Crippen LogP contribution is -2.33. The molecule has 0 fully saturated rings. The summed E-state index contributed by atoms with van der Waals surface area (Å²) in [7, 11) is 0. The van der Waals surface area contributed by atoms with Crippen molar-refractivity contribution in [1.29, 1.82) is 5.26 Å². The molecule has 3 aromatic rings. The third kappa shape index (κ3) is 4.09. The van der Waals surface area contributed by atoms with Crippen LogP contribution in [0.2, 0.25) is 5.02 Å². The van der Waals surface area contributed by atoms with Gasteiger partial charge in [0.15, 0.2) is 0 Å². The first-order valence-corrected chi connectivity index (χ1v) is 8.69. The van der Waals surface area contributed by atoms with Crippen molar-refractivity contribution in [2.45, 2.75) is 26.2 Å². The molecule has 1 aromatic carbocycles. The summed E-state index contributed by atoms with van der Waals surface area (Å²) in [6.45, 7) is 5.66. The maximum atomic E-state index is 12.0. The number of rotatable bonds is 3. The molecule has 0 saturated carbocycles. The Morgan fingerprint density at radius 2 is 1.90 bits per heavy atom. The minimum absolute atomic E-state index is 0.0773. The molecule has 11 heteroatoms. The van der Waals surface area contributed by atoms with Crippen LogP contribution in [0.25, 0.3) is 5.69 Å². The normalized spacial score (nSPS) is 11.1. The Bertz CT molecular complexity index is 1310. The van der Waals surface area contributed by atoms with Gasteiger partial charge in [0, 0.05) is 17.7 Å². The molecule has 0 radical (unpaired) electrons. The minimum Gasteiger partial charge on any atom is -0.438 e. The lowest BCUT2D eigenvalue weighted by atomic mass is 9.88. The number of halogens is 1. The second-order valence-electron chi connectivity index (χ2n) is 7.05. The van der Waals surface area contributed by atoms with E-state index in [0.717, 1.165) is 4.68 Å². The predicted octanol–water partition coefficient (Wildman–Crippen LogP) is 1.62. The number of ether oxygens (including phenoxy) is 1. The van der Waals surface area contributed by atoms with Crippen molar-refractivity contribution in [3.8, 4) is 23.4 Å². The molecule has 0 aliphatic heterocycles. The number of benzene rings is 1. The topological polar surface area (TPSA) is 147 Å². The lowest BCUT2D eigenvalue weighted by molar-refractivity contribution is 0.448. The molecule has 0 atom stereocenters. The average molecular weight is 415 g/mol. The van der Waals surface area contributed by atoms with Crippen LogP contribution in [0.3, 0.4) is 0 Å². The highest BCUT2D eigenvalue weighted by molar-refractivity contribution is 6.32. The lowest BCUT2D eigenvalue weighted by Gasteiger charge is -2.17. The Morgan fingerprint density at radius 3 is 2.52 bits per heavy atom. The molecule has 2 heterocycles. The molecule has 0 amide bonds. The molecule has 3 rings (SSSR count). The smallest absolute Gasteiger partial charge is 0.349 e. The van der Waals surface area contributed by atoms with Crippen molar-refractivity contribution in [3.63, 3.8) is 0 Å². The van der Waals surface area contributed by atoms with E-state index in [4.69, 9.17) is 21.6 Å². The van der Waals surface area contributed by atoms with E-state index in [-0.39, 0.29) is 27.9 Å².